The first-order valence-electron chi connectivity index (χ1n) is 8.34. The molecule has 2 heterocycles. The average molecular weight is 523 g/mol. The second-order valence-electron chi connectivity index (χ2n) is 6.04. The van der Waals surface area contributed by atoms with Crippen LogP contribution < -0.4 is 11.4 Å². The Bertz CT molecular complexity index is 1030. The third kappa shape index (κ3) is 7.37. The molecule has 0 radical (unpaired) electrons. The summed E-state index contributed by atoms with van der Waals surface area (Å²) >= 11 is 0. The molecule has 32 heavy (non-hydrogen) atoms. The van der Waals surface area contributed by atoms with E-state index in [2.05, 4.69) is 24.7 Å². The summed E-state index contributed by atoms with van der Waals surface area (Å²) in [6, 6.07) is 1.22. The monoisotopic (exact) mass is 523 g/mol. The second kappa shape index (κ2) is 10.3. The predicted molar refractivity (Wildman–Crippen MR) is 103 cm³/mol. The summed E-state index contributed by atoms with van der Waals surface area (Å²) in [5, 5.41) is 20.3. The maximum absolute atomic E-state index is 12.6. The molecular weight excluding hydrogens is 503 g/mol. The highest BCUT2D eigenvalue weighted by molar-refractivity contribution is 7.66. The maximum atomic E-state index is 12.6. The molecule has 17 nitrogen and oxygen atoms in total. The van der Waals surface area contributed by atoms with Crippen LogP contribution in [0.2, 0.25) is 0 Å². The number of hydrogen-bond acceptors (Lipinski definition) is 13. The van der Waals surface area contributed by atoms with Crippen LogP contribution in [0.5, 0.6) is 0 Å². The van der Waals surface area contributed by atoms with Gasteiger partial charge in [-0.15, -0.1) is 6.58 Å². The van der Waals surface area contributed by atoms with E-state index < -0.39 is 66.9 Å². The van der Waals surface area contributed by atoms with E-state index in [0.29, 0.717) is 0 Å². The molecular formula is C12H20N3O14P3. The fraction of sp³-hybridized carbons (Fsp3) is 0.500. The summed E-state index contributed by atoms with van der Waals surface area (Å²) in [6.45, 7) is 1.77. The fourth-order valence-electron chi connectivity index (χ4n) is 2.39. The van der Waals surface area contributed by atoms with Gasteiger partial charge in [0.15, 0.2) is 6.23 Å². The number of phosphoric ester groups is 1. The molecule has 7 N–H and O–H groups in total. The highest BCUT2D eigenvalue weighted by Crippen LogP contribution is 2.68. The quantitative estimate of drug-likeness (QED) is 0.150. The fourth-order valence-corrected chi connectivity index (χ4v) is 5.93. The zero-order valence-corrected chi connectivity index (χ0v) is 18.6. The van der Waals surface area contributed by atoms with Crippen molar-refractivity contribution < 1.29 is 61.0 Å². The van der Waals surface area contributed by atoms with Crippen LogP contribution in [0, 0.1) is 0 Å². The van der Waals surface area contributed by atoms with Crippen LogP contribution in [0.1, 0.15) is 6.23 Å². The minimum absolute atomic E-state index is 0.109. The Labute approximate surface area is 179 Å². The predicted octanol–water partition coefficient (Wildman–Crippen LogP) is -1.00. The number of rotatable bonds is 11. The molecule has 0 bridgehead atoms. The van der Waals surface area contributed by atoms with E-state index in [0.717, 1.165) is 16.8 Å². The number of anilines is 1. The third-order valence-corrected chi connectivity index (χ3v) is 7.86. The van der Waals surface area contributed by atoms with E-state index in [9.17, 15) is 33.6 Å². The van der Waals surface area contributed by atoms with E-state index in [1.54, 1.807) is 0 Å². The minimum atomic E-state index is -5.66. The summed E-state index contributed by atoms with van der Waals surface area (Å²) in [5.74, 6) is -0.109. The smallest absolute Gasteiger partial charge is 0.387 e. The standard InChI is InChI=1S/C12H20N3O14P3/c1-2-5-25-32(24,29-31(22,23)28-30(19,20)21)26-6-7-9(16)10(17)11(27-7)15-4-3-8(13)14-12(15)18/h2-4,7,9-11,16-17H,1,5-6H2,(H,22,23)(H2,13,14,18)(H2,19,20,21)/t7-,9-,10-,11-,32?/m1/s1. The van der Waals surface area contributed by atoms with Gasteiger partial charge in [-0.05, 0) is 6.07 Å². The Hall–Kier alpha value is -1.29. The molecule has 1 fully saturated rings. The van der Waals surface area contributed by atoms with Gasteiger partial charge >= 0.3 is 29.2 Å². The van der Waals surface area contributed by atoms with Crippen molar-refractivity contribution >= 4 is 29.3 Å². The lowest BCUT2D eigenvalue weighted by atomic mass is 10.1. The van der Waals surface area contributed by atoms with Crippen LogP contribution in [0.3, 0.4) is 0 Å². The van der Waals surface area contributed by atoms with Crippen LogP contribution >= 0.6 is 23.5 Å². The van der Waals surface area contributed by atoms with E-state index in [4.69, 9.17) is 24.8 Å². The van der Waals surface area contributed by atoms with Crippen LogP contribution in [-0.4, -0.2) is 66.0 Å². The van der Waals surface area contributed by atoms with Gasteiger partial charge in [-0.2, -0.15) is 13.6 Å². The first kappa shape index (κ1) is 27.0. The van der Waals surface area contributed by atoms with Gasteiger partial charge in [0.1, 0.15) is 24.1 Å². The molecule has 1 aromatic heterocycles. The van der Waals surface area contributed by atoms with Crippen LogP contribution in [-0.2, 0) is 36.1 Å². The molecule has 6 atom stereocenters. The van der Waals surface area contributed by atoms with Crippen LogP contribution in [0.15, 0.2) is 29.7 Å². The number of nitrogen functional groups attached to an aromatic ring is 1. The van der Waals surface area contributed by atoms with Crippen molar-refractivity contribution in [2.24, 2.45) is 0 Å². The lowest BCUT2D eigenvalue weighted by Gasteiger charge is -2.22. The molecule has 2 rings (SSSR count). The third-order valence-electron chi connectivity index (χ3n) is 3.62. The molecule has 2 unspecified atom stereocenters. The number of nitrogens with two attached hydrogens (primary N) is 1. The molecule has 1 aliphatic heterocycles. The normalized spacial score (nSPS) is 27.5. The Kier molecular flexibility index (Phi) is 8.70. The molecule has 1 aliphatic rings. The summed E-state index contributed by atoms with van der Waals surface area (Å²) in [5.41, 5.74) is 4.46. The van der Waals surface area contributed by atoms with Gasteiger partial charge in [-0.25, -0.2) is 18.5 Å². The summed E-state index contributed by atoms with van der Waals surface area (Å²) < 4.78 is 58.3. The second-order valence-corrected chi connectivity index (χ2v) is 10.7. The zero-order chi connectivity index (χ0) is 24.3. The largest absolute Gasteiger partial charge is 0.490 e. The summed E-state index contributed by atoms with van der Waals surface area (Å²) in [7, 11) is -16.3. The summed E-state index contributed by atoms with van der Waals surface area (Å²) in [4.78, 5) is 42.0. The zero-order valence-electron chi connectivity index (χ0n) is 15.9. The van der Waals surface area contributed by atoms with Crippen molar-refractivity contribution in [3.63, 3.8) is 0 Å². The molecule has 182 valence electrons. The molecule has 0 amide bonds. The minimum Gasteiger partial charge on any atom is -0.387 e. The summed E-state index contributed by atoms with van der Waals surface area (Å²) in [6.07, 6.45) is -4.18. The topological polar surface area (TPSA) is 259 Å². The Morgan fingerprint density at radius 1 is 1.19 bits per heavy atom. The van der Waals surface area contributed by atoms with E-state index in [1.165, 1.54) is 6.07 Å². The molecule has 0 aromatic carbocycles. The van der Waals surface area contributed by atoms with Gasteiger partial charge in [-0.3, -0.25) is 13.6 Å². The van der Waals surface area contributed by atoms with Crippen LogP contribution in [0.25, 0.3) is 0 Å². The van der Waals surface area contributed by atoms with Gasteiger partial charge in [0.25, 0.3) is 0 Å². The van der Waals surface area contributed by atoms with Crippen molar-refractivity contribution in [1.82, 2.24) is 9.55 Å². The number of aliphatic hydroxyl groups excluding tert-OH is 2. The average Bonchev–Trinajstić information content (AvgIpc) is 2.91. The first-order chi connectivity index (χ1) is 14.7. The van der Waals surface area contributed by atoms with Gasteiger partial charge < -0.3 is 35.4 Å². The molecule has 0 saturated carbocycles. The lowest BCUT2D eigenvalue weighted by Crippen LogP contribution is -2.36. The number of aromatic nitrogens is 2. The highest BCUT2D eigenvalue weighted by atomic mass is 31.3. The van der Waals surface area contributed by atoms with Gasteiger partial charge in [0.05, 0.1) is 13.2 Å². The Morgan fingerprint density at radius 3 is 2.41 bits per heavy atom. The lowest BCUT2D eigenvalue weighted by molar-refractivity contribution is -0.0548. The Balaban J connectivity index is 2.15. The van der Waals surface area contributed by atoms with E-state index >= 15 is 0 Å². The number of aliphatic hydroxyl groups is 2. The van der Waals surface area contributed by atoms with Gasteiger partial charge in [0.2, 0.25) is 0 Å². The van der Waals surface area contributed by atoms with Crippen molar-refractivity contribution in [1.29, 1.82) is 0 Å². The maximum Gasteiger partial charge on any atom is 0.490 e. The highest BCUT2D eigenvalue weighted by Gasteiger charge is 2.47. The molecule has 1 aromatic rings. The molecule has 0 aliphatic carbocycles. The first-order valence-corrected chi connectivity index (χ1v) is 12.8. The number of ether oxygens (including phenoxy) is 1. The van der Waals surface area contributed by atoms with Crippen molar-refractivity contribution in [3.05, 3.63) is 35.4 Å². The van der Waals surface area contributed by atoms with E-state index in [1.807, 2.05) is 0 Å². The van der Waals surface area contributed by atoms with Gasteiger partial charge in [-0.1, -0.05) is 6.08 Å². The number of hydrogen-bond donors (Lipinski definition) is 6. The molecule has 20 heteroatoms. The molecule has 0 spiro atoms. The Morgan fingerprint density at radius 2 is 1.84 bits per heavy atom. The van der Waals surface area contributed by atoms with E-state index in [-0.39, 0.29) is 5.82 Å². The van der Waals surface area contributed by atoms with Gasteiger partial charge in [0, 0.05) is 6.20 Å². The molecule has 1 saturated heterocycles. The van der Waals surface area contributed by atoms with Crippen molar-refractivity contribution in [2.75, 3.05) is 18.9 Å². The van der Waals surface area contributed by atoms with Crippen molar-refractivity contribution in [3.8, 4) is 0 Å². The number of phosphoric acid groups is 3. The van der Waals surface area contributed by atoms with Crippen LogP contribution in [0.4, 0.5) is 5.82 Å². The number of nitrogens with zero attached hydrogens (tertiary/aromatic N) is 2. The SMILES string of the molecule is C=CCOP(=O)(OC[C@H]1O[C@@H](n2ccc(N)nc2=O)[C@H](O)[C@@H]1O)OP(=O)(O)OP(=O)(O)O. The van der Waals surface area contributed by atoms with Crippen molar-refractivity contribution in [2.45, 2.75) is 24.5 Å².